The van der Waals surface area contributed by atoms with E-state index in [0.29, 0.717) is 29.6 Å². The van der Waals surface area contributed by atoms with Crippen molar-refractivity contribution in [2.45, 2.75) is 13.8 Å². The third kappa shape index (κ3) is 3.78. The number of nitrogens with zero attached hydrogens (tertiary/aromatic N) is 2. The number of nitrogen functional groups attached to an aromatic ring is 1. The third-order valence-corrected chi connectivity index (χ3v) is 2.67. The van der Waals surface area contributed by atoms with Crippen molar-refractivity contribution < 1.29 is 4.79 Å². The summed E-state index contributed by atoms with van der Waals surface area (Å²) in [7, 11) is 0. The van der Waals surface area contributed by atoms with Crippen LogP contribution in [-0.2, 0) is 4.79 Å². The summed E-state index contributed by atoms with van der Waals surface area (Å²) in [4.78, 5) is 17.5. The number of halogens is 1. The highest BCUT2D eigenvalue weighted by molar-refractivity contribution is 6.33. The predicted octanol–water partition coefficient (Wildman–Crippen LogP) is 1.60. The first-order chi connectivity index (χ1) is 8.08. The average molecular weight is 257 g/mol. The van der Waals surface area contributed by atoms with Crippen LogP contribution in [0.5, 0.6) is 0 Å². The molecule has 17 heavy (non-hydrogen) atoms. The lowest BCUT2D eigenvalue weighted by Crippen LogP contribution is -2.35. The summed E-state index contributed by atoms with van der Waals surface area (Å²) in [6.45, 7) is 5.45. The van der Waals surface area contributed by atoms with Crippen molar-refractivity contribution in [1.82, 2.24) is 9.88 Å². The van der Waals surface area contributed by atoms with Crippen molar-refractivity contribution in [3.05, 3.63) is 17.3 Å². The Morgan fingerprint density at radius 2 is 2.18 bits per heavy atom. The van der Waals surface area contributed by atoms with Crippen LogP contribution in [0.4, 0.5) is 11.5 Å². The molecule has 5 nitrogen and oxygen atoms in total. The molecular formula is C11H17ClN4O. The maximum Gasteiger partial charge on any atom is 0.241 e. The molecule has 1 rings (SSSR count). The largest absolute Gasteiger partial charge is 0.397 e. The number of carbonyl (C=O) groups is 1. The van der Waals surface area contributed by atoms with E-state index in [1.165, 1.54) is 6.20 Å². The van der Waals surface area contributed by atoms with Gasteiger partial charge in [-0.25, -0.2) is 4.98 Å². The molecule has 0 bridgehead atoms. The van der Waals surface area contributed by atoms with Crippen LogP contribution < -0.4 is 11.1 Å². The number of nitrogens with two attached hydrogens (primary N) is 1. The third-order valence-electron chi connectivity index (χ3n) is 2.39. The van der Waals surface area contributed by atoms with Gasteiger partial charge in [0.05, 0.1) is 23.5 Å². The fraction of sp³-hybridized carbons (Fsp3) is 0.455. The summed E-state index contributed by atoms with van der Waals surface area (Å²) in [6.07, 6.45) is 1.50. The molecule has 0 aliphatic carbocycles. The van der Waals surface area contributed by atoms with Crippen LogP contribution >= 0.6 is 11.6 Å². The number of hydrogen-bond acceptors (Lipinski definition) is 4. The lowest BCUT2D eigenvalue weighted by molar-refractivity contribution is -0.128. The molecule has 3 N–H and O–H groups in total. The van der Waals surface area contributed by atoms with Crippen molar-refractivity contribution in [1.29, 1.82) is 0 Å². The molecular weight excluding hydrogens is 240 g/mol. The summed E-state index contributed by atoms with van der Waals surface area (Å²) < 4.78 is 0. The Labute approximate surface area is 106 Å². The van der Waals surface area contributed by atoms with E-state index in [2.05, 4.69) is 10.3 Å². The fourth-order valence-corrected chi connectivity index (χ4v) is 1.67. The Kier molecular flexibility index (Phi) is 5.03. The van der Waals surface area contributed by atoms with Gasteiger partial charge in [0.2, 0.25) is 5.91 Å². The Bertz CT molecular complexity index is 393. The number of rotatable bonds is 5. The van der Waals surface area contributed by atoms with Crippen LogP contribution in [0.15, 0.2) is 12.3 Å². The number of anilines is 2. The summed E-state index contributed by atoms with van der Waals surface area (Å²) in [6, 6.07) is 1.60. The number of likely N-dealkylation sites (N-methyl/N-ethyl adjacent to an activating group) is 1. The average Bonchev–Trinajstić information content (AvgIpc) is 2.29. The molecule has 1 aromatic rings. The molecule has 0 saturated carbocycles. The first-order valence-corrected chi connectivity index (χ1v) is 5.88. The topological polar surface area (TPSA) is 71.2 Å². The molecule has 1 amide bonds. The Morgan fingerprint density at radius 1 is 1.53 bits per heavy atom. The minimum Gasteiger partial charge on any atom is -0.397 e. The number of nitrogens with one attached hydrogen (secondary N) is 1. The van der Waals surface area contributed by atoms with Crippen molar-refractivity contribution in [2.75, 3.05) is 30.7 Å². The molecule has 0 atom stereocenters. The summed E-state index contributed by atoms with van der Waals surface area (Å²) in [5.41, 5.74) is 6.02. The van der Waals surface area contributed by atoms with Gasteiger partial charge in [0.1, 0.15) is 5.82 Å². The molecule has 0 radical (unpaired) electrons. The molecule has 1 aromatic heterocycles. The molecule has 1 heterocycles. The maximum absolute atomic E-state index is 11.7. The zero-order chi connectivity index (χ0) is 12.8. The van der Waals surface area contributed by atoms with Crippen molar-refractivity contribution in [3.63, 3.8) is 0 Å². The van der Waals surface area contributed by atoms with Gasteiger partial charge >= 0.3 is 0 Å². The number of hydrogen-bond donors (Lipinski definition) is 2. The molecule has 0 unspecified atom stereocenters. The van der Waals surface area contributed by atoms with E-state index in [4.69, 9.17) is 17.3 Å². The molecule has 94 valence electrons. The zero-order valence-corrected chi connectivity index (χ0v) is 10.8. The number of carbonyl (C=O) groups excluding carboxylic acids is 1. The maximum atomic E-state index is 11.7. The normalized spacial score (nSPS) is 10.1. The van der Waals surface area contributed by atoms with Gasteiger partial charge in [-0.05, 0) is 19.9 Å². The summed E-state index contributed by atoms with van der Waals surface area (Å²) in [5.74, 6) is 0.492. The summed E-state index contributed by atoms with van der Waals surface area (Å²) >= 11 is 5.93. The SMILES string of the molecule is CCN(CC)C(=O)CNc1ncc(N)cc1Cl. The van der Waals surface area contributed by atoms with Gasteiger partial charge in [0, 0.05) is 13.1 Å². The van der Waals surface area contributed by atoms with Crippen LogP contribution in [0.25, 0.3) is 0 Å². The second-order valence-corrected chi connectivity index (χ2v) is 3.93. The van der Waals surface area contributed by atoms with E-state index in [-0.39, 0.29) is 12.5 Å². The van der Waals surface area contributed by atoms with Crippen LogP contribution in [0, 0.1) is 0 Å². The Balaban J connectivity index is 2.58. The fourth-order valence-electron chi connectivity index (χ4n) is 1.43. The smallest absolute Gasteiger partial charge is 0.241 e. The first-order valence-electron chi connectivity index (χ1n) is 5.51. The van der Waals surface area contributed by atoms with E-state index in [1.807, 2.05) is 13.8 Å². The lowest BCUT2D eigenvalue weighted by atomic mass is 10.4. The van der Waals surface area contributed by atoms with Crippen LogP contribution in [0.3, 0.4) is 0 Å². The van der Waals surface area contributed by atoms with Gasteiger partial charge in [-0.3, -0.25) is 4.79 Å². The van der Waals surface area contributed by atoms with Crippen LogP contribution in [-0.4, -0.2) is 35.4 Å². The molecule has 6 heteroatoms. The highest BCUT2D eigenvalue weighted by Crippen LogP contribution is 2.20. The second-order valence-electron chi connectivity index (χ2n) is 3.52. The number of aromatic nitrogens is 1. The van der Waals surface area contributed by atoms with Crippen LogP contribution in [0.1, 0.15) is 13.8 Å². The predicted molar refractivity (Wildman–Crippen MR) is 70.1 cm³/mol. The van der Waals surface area contributed by atoms with E-state index in [0.717, 1.165) is 0 Å². The molecule has 0 spiro atoms. The zero-order valence-electron chi connectivity index (χ0n) is 10.0. The molecule has 0 saturated heterocycles. The molecule has 0 fully saturated rings. The van der Waals surface area contributed by atoms with Gasteiger partial charge < -0.3 is 16.0 Å². The molecule has 0 aliphatic rings. The van der Waals surface area contributed by atoms with Crippen molar-refractivity contribution in [3.8, 4) is 0 Å². The van der Waals surface area contributed by atoms with Gasteiger partial charge in [0.25, 0.3) is 0 Å². The van der Waals surface area contributed by atoms with E-state index < -0.39 is 0 Å². The minimum atomic E-state index is 0.0182. The summed E-state index contributed by atoms with van der Waals surface area (Å²) in [5, 5.41) is 3.31. The van der Waals surface area contributed by atoms with Crippen LogP contribution in [0.2, 0.25) is 5.02 Å². The monoisotopic (exact) mass is 256 g/mol. The van der Waals surface area contributed by atoms with Gasteiger partial charge in [0.15, 0.2) is 0 Å². The van der Waals surface area contributed by atoms with E-state index >= 15 is 0 Å². The van der Waals surface area contributed by atoms with Crippen molar-refractivity contribution in [2.24, 2.45) is 0 Å². The van der Waals surface area contributed by atoms with Gasteiger partial charge in [-0.15, -0.1) is 0 Å². The highest BCUT2D eigenvalue weighted by Gasteiger charge is 2.10. The quantitative estimate of drug-likeness (QED) is 0.839. The molecule has 0 aromatic carbocycles. The van der Waals surface area contributed by atoms with Crippen molar-refractivity contribution >= 4 is 29.0 Å². The second kappa shape index (κ2) is 6.30. The van der Waals surface area contributed by atoms with Gasteiger partial charge in [-0.2, -0.15) is 0 Å². The molecule has 0 aliphatic heterocycles. The Hall–Kier alpha value is -1.49. The minimum absolute atomic E-state index is 0.0182. The number of amides is 1. The first kappa shape index (κ1) is 13.6. The van der Waals surface area contributed by atoms with Gasteiger partial charge in [-0.1, -0.05) is 11.6 Å². The number of pyridine rings is 1. The standard InChI is InChI=1S/C11H17ClN4O/c1-3-16(4-2)10(17)7-15-11-9(12)5-8(13)6-14-11/h5-6H,3-4,7,13H2,1-2H3,(H,14,15). The Morgan fingerprint density at radius 3 is 2.71 bits per heavy atom. The van der Waals surface area contributed by atoms with E-state index in [9.17, 15) is 4.79 Å². The highest BCUT2D eigenvalue weighted by atomic mass is 35.5. The van der Waals surface area contributed by atoms with E-state index in [1.54, 1.807) is 11.0 Å². The lowest BCUT2D eigenvalue weighted by Gasteiger charge is -2.19.